The van der Waals surface area contributed by atoms with Gasteiger partial charge in [-0.2, -0.15) is 0 Å². The van der Waals surface area contributed by atoms with Gasteiger partial charge in [-0.25, -0.2) is 0 Å². The second-order valence-corrected chi connectivity index (χ2v) is 3.47. The minimum atomic E-state index is -0.918. The number of carbonyl (C=O) groups excluding carboxylic acids is 1. The molecule has 1 rings (SSSR count). The Morgan fingerprint density at radius 2 is 2.13 bits per heavy atom. The van der Waals surface area contributed by atoms with E-state index in [1.54, 1.807) is 12.1 Å². The van der Waals surface area contributed by atoms with Crippen LogP contribution in [0.1, 0.15) is 12.5 Å². The third-order valence-electron chi connectivity index (χ3n) is 1.70. The Morgan fingerprint density at radius 3 is 2.60 bits per heavy atom. The lowest BCUT2D eigenvalue weighted by Gasteiger charge is -2.06. The van der Waals surface area contributed by atoms with Crippen molar-refractivity contribution in [1.29, 1.82) is 0 Å². The van der Waals surface area contributed by atoms with E-state index in [1.807, 2.05) is 0 Å². The highest BCUT2D eigenvalue weighted by molar-refractivity contribution is 6.33. The molecule has 1 aromatic carbocycles. The van der Waals surface area contributed by atoms with E-state index in [-0.39, 0.29) is 12.3 Å². The minimum absolute atomic E-state index is 0.0833. The van der Waals surface area contributed by atoms with Crippen LogP contribution in [0.4, 0.5) is 5.69 Å². The zero-order valence-electron chi connectivity index (χ0n) is 8.08. The van der Waals surface area contributed by atoms with E-state index < -0.39 is 5.97 Å². The lowest BCUT2D eigenvalue weighted by molar-refractivity contribution is -0.136. The normalized spacial score (nSPS) is 9.73. The molecule has 0 aliphatic heterocycles. The van der Waals surface area contributed by atoms with Crippen LogP contribution in [-0.2, 0) is 16.0 Å². The third-order valence-corrected chi connectivity index (χ3v) is 2.01. The Balaban J connectivity index is 2.87. The van der Waals surface area contributed by atoms with Crippen LogP contribution >= 0.6 is 11.6 Å². The first-order valence-electron chi connectivity index (χ1n) is 4.27. The number of amides is 1. The molecule has 5 heteroatoms. The summed E-state index contributed by atoms with van der Waals surface area (Å²) in [6.45, 7) is 1.38. The van der Waals surface area contributed by atoms with E-state index in [4.69, 9.17) is 16.7 Å². The summed E-state index contributed by atoms with van der Waals surface area (Å²) in [5.41, 5.74) is 1.08. The number of benzene rings is 1. The number of aliphatic carboxylic acids is 1. The van der Waals surface area contributed by atoms with E-state index in [1.165, 1.54) is 13.0 Å². The van der Waals surface area contributed by atoms with Crippen LogP contribution in [0.25, 0.3) is 0 Å². The number of carboxylic acids is 1. The van der Waals surface area contributed by atoms with Crippen LogP contribution < -0.4 is 5.32 Å². The van der Waals surface area contributed by atoms with Crippen molar-refractivity contribution in [1.82, 2.24) is 0 Å². The van der Waals surface area contributed by atoms with Gasteiger partial charge in [-0.1, -0.05) is 17.7 Å². The average molecular weight is 228 g/mol. The van der Waals surface area contributed by atoms with E-state index in [2.05, 4.69) is 5.32 Å². The number of carboxylic acid groups (broad SMARTS) is 1. The minimum Gasteiger partial charge on any atom is -0.481 e. The molecule has 0 saturated heterocycles. The molecule has 0 heterocycles. The molecule has 0 radical (unpaired) electrons. The monoisotopic (exact) mass is 227 g/mol. The van der Waals surface area contributed by atoms with E-state index >= 15 is 0 Å². The number of rotatable bonds is 3. The first-order chi connectivity index (χ1) is 6.99. The van der Waals surface area contributed by atoms with Crippen LogP contribution in [0, 0.1) is 0 Å². The van der Waals surface area contributed by atoms with Crippen LogP contribution in [-0.4, -0.2) is 17.0 Å². The van der Waals surface area contributed by atoms with Gasteiger partial charge in [-0.05, 0) is 17.7 Å². The second kappa shape index (κ2) is 4.79. The number of hydrogen-bond donors (Lipinski definition) is 2. The largest absolute Gasteiger partial charge is 0.481 e. The molecule has 0 bridgehead atoms. The molecule has 4 nitrogen and oxygen atoms in total. The number of hydrogen-bond acceptors (Lipinski definition) is 2. The van der Waals surface area contributed by atoms with Crippen molar-refractivity contribution < 1.29 is 14.7 Å². The Labute approximate surface area is 91.9 Å². The maximum Gasteiger partial charge on any atom is 0.307 e. The van der Waals surface area contributed by atoms with Crippen molar-refractivity contribution in [3.8, 4) is 0 Å². The van der Waals surface area contributed by atoms with Crippen LogP contribution in [0.5, 0.6) is 0 Å². The predicted octanol–water partition coefficient (Wildman–Crippen LogP) is 1.93. The summed E-state index contributed by atoms with van der Waals surface area (Å²) in [6.07, 6.45) is -0.0833. The maximum absolute atomic E-state index is 10.8. The second-order valence-electron chi connectivity index (χ2n) is 3.07. The standard InChI is InChI=1S/C10H10ClNO3/c1-6(13)12-9-3-2-7(4-8(9)11)5-10(14)15/h2-4H,5H2,1H3,(H,12,13)(H,14,15). The highest BCUT2D eigenvalue weighted by Gasteiger charge is 2.05. The van der Waals surface area contributed by atoms with Crippen molar-refractivity contribution in [2.75, 3.05) is 5.32 Å². The molecule has 1 aromatic rings. The smallest absolute Gasteiger partial charge is 0.307 e. The highest BCUT2D eigenvalue weighted by Crippen LogP contribution is 2.23. The molecule has 0 spiro atoms. The summed E-state index contributed by atoms with van der Waals surface area (Å²) in [4.78, 5) is 21.2. The number of halogens is 1. The lowest BCUT2D eigenvalue weighted by atomic mass is 10.1. The summed E-state index contributed by atoms with van der Waals surface area (Å²) < 4.78 is 0. The van der Waals surface area contributed by atoms with E-state index in [0.717, 1.165) is 0 Å². The van der Waals surface area contributed by atoms with Crippen molar-refractivity contribution in [2.45, 2.75) is 13.3 Å². The van der Waals surface area contributed by atoms with Gasteiger partial charge in [0.1, 0.15) is 0 Å². The summed E-state index contributed by atoms with van der Waals surface area (Å²) in [5, 5.41) is 11.4. The van der Waals surface area contributed by atoms with Gasteiger partial charge in [-0.3, -0.25) is 9.59 Å². The van der Waals surface area contributed by atoms with E-state index in [0.29, 0.717) is 16.3 Å². The molecule has 0 aliphatic carbocycles. The molecular formula is C10H10ClNO3. The van der Waals surface area contributed by atoms with E-state index in [9.17, 15) is 9.59 Å². The van der Waals surface area contributed by atoms with Gasteiger partial charge < -0.3 is 10.4 Å². The zero-order chi connectivity index (χ0) is 11.4. The van der Waals surface area contributed by atoms with Gasteiger partial charge in [-0.15, -0.1) is 0 Å². The summed E-state index contributed by atoms with van der Waals surface area (Å²) in [7, 11) is 0. The maximum atomic E-state index is 10.8. The Hall–Kier alpha value is -1.55. The molecule has 15 heavy (non-hydrogen) atoms. The van der Waals surface area contributed by atoms with Gasteiger partial charge in [0.15, 0.2) is 0 Å². The first-order valence-corrected chi connectivity index (χ1v) is 4.64. The summed E-state index contributed by atoms with van der Waals surface area (Å²) in [6, 6.07) is 4.73. The van der Waals surface area contributed by atoms with Crippen molar-refractivity contribution in [3.05, 3.63) is 28.8 Å². The first kappa shape index (κ1) is 11.5. The van der Waals surface area contributed by atoms with Gasteiger partial charge in [0, 0.05) is 6.92 Å². The van der Waals surface area contributed by atoms with Crippen molar-refractivity contribution in [2.24, 2.45) is 0 Å². The molecule has 80 valence electrons. The molecule has 0 aromatic heterocycles. The number of nitrogens with one attached hydrogen (secondary N) is 1. The predicted molar refractivity (Wildman–Crippen MR) is 57.1 cm³/mol. The molecule has 0 fully saturated rings. The summed E-state index contributed by atoms with van der Waals surface area (Å²) in [5.74, 6) is -1.14. The van der Waals surface area contributed by atoms with Crippen LogP contribution in [0.3, 0.4) is 0 Å². The highest BCUT2D eigenvalue weighted by atomic mass is 35.5. The quantitative estimate of drug-likeness (QED) is 0.829. The molecule has 0 aliphatic rings. The van der Waals surface area contributed by atoms with Gasteiger partial charge in [0.25, 0.3) is 0 Å². The van der Waals surface area contributed by atoms with Crippen molar-refractivity contribution in [3.63, 3.8) is 0 Å². The Morgan fingerprint density at radius 1 is 1.47 bits per heavy atom. The molecule has 0 saturated carbocycles. The number of anilines is 1. The SMILES string of the molecule is CC(=O)Nc1ccc(CC(=O)O)cc1Cl. The Kier molecular flexibility index (Phi) is 3.68. The average Bonchev–Trinajstić information content (AvgIpc) is 2.08. The molecule has 0 atom stereocenters. The van der Waals surface area contributed by atoms with Crippen LogP contribution in [0.15, 0.2) is 18.2 Å². The third kappa shape index (κ3) is 3.59. The van der Waals surface area contributed by atoms with Crippen LogP contribution in [0.2, 0.25) is 5.02 Å². The molecule has 0 unspecified atom stereocenters. The van der Waals surface area contributed by atoms with Gasteiger partial charge >= 0.3 is 5.97 Å². The fourth-order valence-electron chi connectivity index (χ4n) is 1.13. The fraction of sp³-hybridized carbons (Fsp3) is 0.200. The van der Waals surface area contributed by atoms with Gasteiger partial charge in [0.05, 0.1) is 17.1 Å². The van der Waals surface area contributed by atoms with Gasteiger partial charge in [0.2, 0.25) is 5.91 Å². The molecular weight excluding hydrogens is 218 g/mol. The fourth-order valence-corrected chi connectivity index (χ4v) is 1.38. The Bertz CT molecular complexity index is 404. The lowest BCUT2D eigenvalue weighted by Crippen LogP contribution is -2.07. The molecule has 2 N–H and O–H groups in total. The zero-order valence-corrected chi connectivity index (χ0v) is 8.84. The topological polar surface area (TPSA) is 66.4 Å². The number of carbonyl (C=O) groups is 2. The summed E-state index contributed by atoms with van der Waals surface area (Å²) >= 11 is 5.85. The molecule has 1 amide bonds. The van der Waals surface area contributed by atoms with Crippen molar-refractivity contribution >= 4 is 29.2 Å².